The first kappa shape index (κ1) is 17.3. The monoisotopic (exact) mass is 434 g/mol. The molecule has 0 fully saturated rings. The molecule has 28 heavy (non-hydrogen) atoms. The summed E-state index contributed by atoms with van der Waals surface area (Å²) in [5, 5.41) is 1.28. The molecule has 3 heterocycles. The number of ether oxygens (including phenoxy) is 1. The van der Waals surface area contributed by atoms with Crippen LogP contribution in [0.4, 0.5) is 11.6 Å². The molecule has 5 nitrogen and oxygen atoms in total. The van der Waals surface area contributed by atoms with Crippen LogP contribution < -0.4 is 9.64 Å². The SMILES string of the molecule is Brc1ccc2c(c1)N(c1nccc(CCc3c[nH]c4ccccc34)n1)CCO2. The summed E-state index contributed by atoms with van der Waals surface area (Å²) in [4.78, 5) is 14.8. The number of anilines is 2. The number of H-pyrrole nitrogens is 1. The number of fused-ring (bicyclic) bond motifs is 2. The molecule has 1 aliphatic heterocycles. The molecule has 140 valence electrons. The van der Waals surface area contributed by atoms with Gasteiger partial charge in [-0.1, -0.05) is 34.1 Å². The zero-order chi connectivity index (χ0) is 18.9. The molecule has 2 aromatic heterocycles. The standard InChI is InChI=1S/C22H19BrN4O/c23-16-6-8-21-20(13-16)27(11-12-28-21)22-24-10-9-17(26-22)7-5-15-14-25-19-4-2-1-3-18(15)19/h1-4,6,8-10,13-14,25H,5,7,11-12H2. The number of hydrogen-bond donors (Lipinski definition) is 1. The van der Waals surface area contributed by atoms with Crippen LogP contribution in [0.1, 0.15) is 11.3 Å². The Hall–Kier alpha value is -2.86. The first-order valence-corrected chi connectivity index (χ1v) is 10.1. The normalized spacial score (nSPS) is 13.4. The number of aromatic amines is 1. The van der Waals surface area contributed by atoms with Gasteiger partial charge in [0.25, 0.3) is 0 Å². The minimum absolute atomic E-state index is 0.623. The van der Waals surface area contributed by atoms with Crippen molar-refractivity contribution in [1.82, 2.24) is 15.0 Å². The predicted molar refractivity (Wildman–Crippen MR) is 114 cm³/mol. The van der Waals surface area contributed by atoms with E-state index in [4.69, 9.17) is 9.72 Å². The number of aryl methyl sites for hydroxylation is 2. The smallest absolute Gasteiger partial charge is 0.230 e. The van der Waals surface area contributed by atoms with Crippen molar-refractivity contribution >= 4 is 38.5 Å². The molecule has 0 radical (unpaired) electrons. The third kappa shape index (κ3) is 3.24. The second-order valence-corrected chi connectivity index (χ2v) is 7.74. The number of para-hydroxylation sites is 1. The van der Waals surface area contributed by atoms with E-state index in [1.807, 2.05) is 24.4 Å². The Labute approximate surface area is 171 Å². The molecular formula is C22H19BrN4O. The fourth-order valence-corrected chi connectivity index (χ4v) is 4.00. The maximum absolute atomic E-state index is 5.78. The molecule has 4 aromatic rings. The van der Waals surface area contributed by atoms with Crippen LogP contribution in [0, 0.1) is 0 Å². The summed E-state index contributed by atoms with van der Waals surface area (Å²) in [5.41, 5.74) is 4.53. The molecule has 0 unspecified atom stereocenters. The second kappa shape index (κ2) is 7.28. The summed E-state index contributed by atoms with van der Waals surface area (Å²) in [7, 11) is 0. The molecular weight excluding hydrogens is 416 g/mol. The summed E-state index contributed by atoms with van der Waals surface area (Å²) in [6.45, 7) is 1.35. The first-order valence-electron chi connectivity index (χ1n) is 9.35. The van der Waals surface area contributed by atoms with Gasteiger partial charge >= 0.3 is 0 Å². The van der Waals surface area contributed by atoms with Gasteiger partial charge < -0.3 is 14.6 Å². The Bertz CT molecular complexity index is 1140. The van der Waals surface area contributed by atoms with E-state index >= 15 is 0 Å². The van der Waals surface area contributed by atoms with Crippen molar-refractivity contribution in [2.24, 2.45) is 0 Å². The summed E-state index contributed by atoms with van der Waals surface area (Å²) in [5.74, 6) is 1.58. The van der Waals surface area contributed by atoms with Gasteiger partial charge in [-0.3, -0.25) is 0 Å². The molecule has 2 aromatic carbocycles. The number of nitrogens with zero attached hydrogens (tertiary/aromatic N) is 3. The Kier molecular flexibility index (Phi) is 4.49. The molecule has 1 aliphatic rings. The average molecular weight is 435 g/mol. The lowest BCUT2D eigenvalue weighted by molar-refractivity contribution is 0.313. The van der Waals surface area contributed by atoms with Crippen LogP contribution in [0.3, 0.4) is 0 Å². The Morgan fingerprint density at radius 3 is 3.00 bits per heavy atom. The van der Waals surface area contributed by atoms with Crippen LogP contribution in [0.25, 0.3) is 10.9 Å². The molecule has 1 N–H and O–H groups in total. The van der Waals surface area contributed by atoms with E-state index in [0.29, 0.717) is 6.61 Å². The highest BCUT2D eigenvalue weighted by atomic mass is 79.9. The van der Waals surface area contributed by atoms with Crippen LogP contribution in [0.15, 0.2) is 65.4 Å². The van der Waals surface area contributed by atoms with Crippen molar-refractivity contribution in [1.29, 1.82) is 0 Å². The maximum Gasteiger partial charge on any atom is 0.230 e. The highest BCUT2D eigenvalue weighted by molar-refractivity contribution is 9.10. The van der Waals surface area contributed by atoms with Gasteiger partial charge in [0, 0.05) is 33.5 Å². The maximum atomic E-state index is 5.78. The summed E-state index contributed by atoms with van der Waals surface area (Å²) in [6, 6.07) is 16.4. The number of benzene rings is 2. The van der Waals surface area contributed by atoms with Gasteiger partial charge in [-0.25, -0.2) is 9.97 Å². The van der Waals surface area contributed by atoms with Crippen molar-refractivity contribution in [2.75, 3.05) is 18.1 Å². The van der Waals surface area contributed by atoms with Gasteiger partial charge in [-0.05, 0) is 48.7 Å². The van der Waals surface area contributed by atoms with Crippen LogP contribution in [0.2, 0.25) is 0 Å². The summed E-state index contributed by atoms with van der Waals surface area (Å²) in [6.07, 6.45) is 5.75. The molecule has 5 rings (SSSR count). The summed E-state index contributed by atoms with van der Waals surface area (Å²) < 4.78 is 6.79. The van der Waals surface area contributed by atoms with E-state index in [1.54, 1.807) is 0 Å². The number of halogens is 1. The lowest BCUT2D eigenvalue weighted by Crippen LogP contribution is -2.30. The fourth-order valence-electron chi connectivity index (χ4n) is 3.65. The molecule has 6 heteroatoms. The predicted octanol–water partition coefficient (Wildman–Crippen LogP) is 5.04. The number of aromatic nitrogens is 3. The molecule has 0 atom stereocenters. The highest BCUT2D eigenvalue weighted by Gasteiger charge is 2.22. The van der Waals surface area contributed by atoms with Gasteiger partial charge in [0.2, 0.25) is 5.95 Å². The first-order chi connectivity index (χ1) is 13.8. The minimum Gasteiger partial charge on any atom is -0.490 e. The van der Waals surface area contributed by atoms with E-state index < -0.39 is 0 Å². The van der Waals surface area contributed by atoms with Gasteiger partial charge in [0.1, 0.15) is 12.4 Å². The Balaban J connectivity index is 1.39. The zero-order valence-electron chi connectivity index (χ0n) is 15.2. The average Bonchev–Trinajstić information content (AvgIpc) is 3.15. The van der Waals surface area contributed by atoms with Gasteiger partial charge in [0.05, 0.1) is 12.2 Å². The van der Waals surface area contributed by atoms with E-state index in [-0.39, 0.29) is 0 Å². The second-order valence-electron chi connectivity index (χ2n) is 6.82. The third-order valence-electron chi connectivity index (χ3n) is 5.05. The number of hydrogen-bond acceptors (Lipinski definition) is 4. The highest BCUT2D eigenvalue weighted by Crippen LogP contribution is 2.37. The van der Waals surface area contributed by atoms with Crippen LogP contribution in [-0.4, -0.2) is 28.1 Å². The molecule has 0 aliphatic carbocycles. The van der Waals surface area contributed by atoms with Crippen molar-refractivity contribution < 1.29 is 4.74 Å². The number of nitrogens with one attached hydrogen (secondary N) is 1. The molecule has 0 spiro atoms. The Morgan fingerprint density at radius 1 is 1.11 bits per heavy atom. The van der Waals surface area contributed by atoms with Crippen LogP contribution in [-0.2, 0) is 12.8 Å². The van der Waals surface area contributed by atoms with Crippen LogP contribution in [0.5, 0.6) is 5.75 Å². The van der Waals surface area contributed by atoms with E-state index in [9.17, 15) is 0 Å². The summed E-state index contributed by atoms with van der Waals surface area (Å²) >= 11 is 3.55. The third-order valence-corrected chi connectivity index (χ3v) is 5.54. The van der Waals surface area contributed by atoms with Crippen molar-refractivity contribution in [3.05, 3.63) is 76.7 Å². The van der Waals surface area contributed by atoms with Crippen molar-refractivity contribution in [3.63, 3.8) is 0 Å². The van der Waals surface area contributed by atoms with Gasteiger partial charge in [-0.15, -0.1) is 0 Å². The van der Waals surface area contributed by atoms with E-state index in [0.717, 1.165) is 46.9 Å². The molecule has 0 bridgehead atoms. The lowest BCUT2D eigenvalue weighted by Gasteiger charge is -2.29. The van der Waals surface area contributed by atoms with Crippen molar-refractivity contribution in [3.8, 4) is 5.75 Å². The lowest BCUT2D eigenvalue weighted by atomic mass is 10.1. The van der Waals surface area contributed by atoms with E-state index in [1.165, 1.54) is 16.5 Å². The molecule has 0 amide bonds. The number of rotatable bonds is 4. The van der Waals surface area contributed by atoms with Crippen LogP contribution >= 0.6 is 15.9 Å². The molecule has 0 saturated heterocycles. The minimum atomic E-state index is 0.623. The van der Waals surface area contributed by atoms with E-state index in [2.05, 4.69) is 67.3 Å². The largest absolute Gasteiger partial charge is 0.490 e. The quantitative estimate of drug-likeness (QED) is 0.488. The fraction of sp³-hybridized carbons (Fsp3) is 0.182. The van der Waals surface area contributed by atoms with Gasteiger partial charge in [-0.2, -0.15) is 0 Å². The Morgan fingerprint density at radius 2 is 2.04 bits per heavy atom. The zero-order valence-corrected chi connectivity index (χ0v) is 16.8. The van der Waals surface area contributed by atoms with Gasteiger partial charge in [0.15, 0.2) is 0 Å². The topological polar surface area (TPSA) is 54.0 Å². The van der Waals surface area contributed by atoms with Crippen molar-refractivity contribution in [2.45, 2.75) is 12.8 Å². The molecule has 0 saturated carbocycles.